The summed E-state index contributed by atoms with van der Waals surface area (Å²) >= 11 is 1.62. The first kappa shape index (κ1) is 13.4. The number of hydrogen-bond donors (Lipinski definition) is 0. The van der Waals surface area contributed by atoms with E-state index in [1.807, 2.05) is 41.8 Å². The van der Waals surface area contributed by atoms with Crippen LogP contribution in [0.4, 0.5) is 0 Å². The Hall–Kier alpha value is -2.05. The number of rotatable bonds is 3. The van der Waals surface area contributed by atoms with Crippen molar-refractivity contribution in [2.45, 2.75) is 13.3 Å². The minimum absolute atomic E-state index is 0.195. The third-order valence-electron chi connectivity index (χ3n) is 2.46. The van der Waals surface area contributed by atoms with Crippen LogP contribution in [0.15, 0.2) is 41.8 Å². The molecule has 2 nitrogen and oxygen atoms in total. The van der Waals surface area contributed by atoms with Gasteiger partial charge in [-0.25, -0.2) is 0 Å². The number of hydrogen-bond acceptors (Lipinski definition) is 3. The van der Waals surface area contributed by atoms with Crippen molar-refractivity contribution in [1.29, 1.82) is 0 Å². The van der Waals surface area contributed by atoms with E-state index in [0.29, 0.717) is 13.0 Å². The molecule has 0 spiro atoms. The van der Waals surface area contributed by atoms with Crippen molar-refractivity contribution in [1.82, 2.24) is 0 Å². The molecule has 3 heteroatoms. The smallest absolute Gasteiger partial charge is 0.310 e. The van der Waals surface area contributed by atoms with Crippen molar-refractivity contribution in [3.8, 4) is 11.8 Å². The number of benzene rings is 1. The lowest BCUT2D eigenvalue weighted by atomic mass is 10.1. The Morgan fingerprint density at radius 3 is 2.63 bits per heavy atom. The standard InChI is InChI=1S/C16H14O2S/c1-2-18-16(17)12-14-7-5-13(6-8-14)9-10-15-4-3-11-19-15/h3-8,11H,2,12H2,1H3. The van der Waals surface area contributed by atoms with Crippen LogP contribution in [-0.4, -0.2) is 12.6 Å². The second-order valence-electron chi connectivity index (χ2n) is 3.91. The van der Waals surface area contributed by atoms with Gasteiger partial charge in [-0.1, -0.05) is 30.0 Å². The fraction of sp³-hybridized carbons (Fsp3) is 0.188. The molecular weight excluding hydrogens is 256 g/mol. The number of ether oxygens (including phenoxy) is 1. The van der Waals surface area contributed by atoms with Gasteiger partial charge < -0.3 is 4.74 Å². The summed E-state index contributed by atoms with van der Waals surface area (Å²) in [5, 5.41) is 2.01. The van der Waals surface area contributed by atoms with E-state index >= 15 is 0 Å². The maximum Gasteiger partial charge on any atom is 0.310 e. The average molecular weight is 270 g/mol. The van der Waals surface area contributed by atoms with Crippen molar-refractivity contribution < 1.29 is 9.53 Å². The van der Waals surface area contributed by atoms with E-state index in [1.54, 1.807) is 18.3 Å². The van der Waals surface area contributed by atoms with Gasteiger partial charge in [-0.3, -0.25) is 4.79 Å². The molecule has 0 aliphatic carbocycles. The van der Waals surface area contributed by atoms with Crippen LogP contribution in [0.3, 0.4) is 0 Å². The predicted octanol–water partition coefficient (Wildman–Crippen LogP) is 3.25. The second-order valence-corrected chi connectivity index (χ2v) is 4.85. The van der Waals surface area contributed by atoms with Crippen molar-refractivity contribution >= 4 is 17.3 Å². The minimum Gasteiger partial charge on any atom is -0.466 e. The van der Waals surface area contributed by atoms with E-state index < -0.39 is 0 Å². The molecule has 0 atom stereocenters. The van der Waals surface area contributed by atoms with Crippen LogP contribution in [0.25, 0.3) is 0 Å². The van der Waals surface area contributed by atoms with E-state index in [-0.39, 0.29) is 5.97 Å². The average Bonchev–Trinajstić information content (AvgIpc) is 2.91. The van der Waals surface area contributed by atoms with E-state index in [1.165, 1.54) is 0 Å². The fourth-order valence-electron chi connectivity index (χ4n) is 1.57. The topological polar surface area (TPSA) is 26.3 Å². The van der Waals surface area contributed by atoms with E-state index in [9.17, 15) is 4.79 Å². The molecule has 0 saturated carbocycles. The number of carbonyl (C=O) groups excluding carboxylic acids is 1. The van der Waals surface area contributed by atoms with Crippen LogP contribution in [0.1, 0.15) is 22.9 Å². The molecule has 1 aromatic carbocycles. The molecule has 0 aliphatic rings. The molecular formula is C16H14O2S. The molecule has 0 amide bonds. The van der Waals surface area contributed by atoms with Crippen LogP contribution in [-0.2, 0) is 16.0 Å². The fourth-order valence-corrected chi connectivity index (χ4v) is 2.14. The summed E-state index contributed by atoms with van der Waals surface area (Å²) in [7, 11) is 0. The molecule has 0 saturated heterocycles. The van der Waals surface area contributed by atoms with Gasteiger partial charge in [0.15, 0.2) is 0 Å². The molecule has 2 rings (SSSR count). The normalized spacial score (nSPS) is 9.53. The van der Waals surface area contributed by atoms with E-state index in [2.05, 4.69) is 11.8 Å². The zero-order chi connectivity index (χ0) is 13.5. The van der Waals surface area contributed by atoms with Crippen LogP contribution in [0, 0.1) is 11.8 Å². The molecule has 0 radical (unpaired) electrons. The number of esters is 1. The van der Waals surface area contributed by atoms with Gasteiger partial charge in [0.1, 0.15) is 0 Å². The molecule has 1 aromatic heterocycles. The molecule has 2 aromatic rings. The first-order chi connectivity index (χ1) is 9.28. The van der Waals surface area contributed by atoms with Crippen molar-refractivity contribution in [2.24, 2.45) is 0 Å². The van der Waals surface area contributed by atoms with Gasteiger partial charge in [-0.05, 0) is 36.1 Å². The SMILES string of the molecule is CCOC(=O)Cc1ccc(C#Cc2cccs2)cc1. The third kappa shape index (κ3) is 4.27. The first-order valence-corrected chi connectivity index (χ1v) is 6.96. The summed E-state index contributed by atoms with van der Waals surface area (Å²) in [6.45, 7) is 2.23. The number of carbonyl (C=O) groups is 1. The third-order valence-corrected chi connectivity index (χ3v) is 3.24. The highest BCUT2D eigenvalue weighted by Gasteiger charge is 2.02. The number of thiophene rings is 1. The van der Waals surface area contributed by atoms with Gasteiger partial charge in [0, 0.05) is 5.56 Å². The van der Waals surface area contributed by atoms with Gasteiger partial charge in [0.2, 0.25) is 0 Å². The molecule has 19 heavy (non-hydrogen) atoms. The van der Waals surface area contributed by atoms with Gasteiger partial charge in [0.25, 0.3) is 0 Å². The van der Waals surface area contributed by atoms with Gasteiger partial charge in [-0.2, -0.15) is 0 Å². The monoisotopic (exact) mass is 270 g/mol. The zero-order valence-electron chi connectivity index (χ0n) is 10.7. The highest BCUT2D eigenvalue weighted by molar-refractivity contribution is 7.10. The largest absolute Gasteiger partial charge is 0.466 e. The minimum atomic E-state index is -0.195. The Labute approximate surface area is 117 Å². The molecule has 1 heterocycles. The maximum absolute atomic E-state index is 11.3. The van der Waals surface area contributed by atoms with Crippen LogP contribution in [0.5, 0.6) is 0 Å². The highest BCUT2D eigenvalue weighted by atomic mass is 32.1. The quantitative estimate of drug-likeness (QED) is 0.632. The Balaban J connectivity index is 2.00. The molecule has 0 fully saturated rings. The van der Waals surface area contributed by atoms with Gasteiger partial charge >= 0.3 is 5.97 Å². The van der Waals surface area contributed by atoms with Gasteiger partial charge in [-0.15, -0.1) is 11.3 Å². The highest BCUT2D eigenvalue weighted by Crippen LogP contribution is 2.08. The molecule has 0 aliphatic heterocycles. The first-order valence-electron chi connectivity index (χ1n) is 6.08. The summed E-state index contributed by atoms with van der Waals surface area (Å²) in [5.41, 5.74) is 1.89. The Morgan fingerprint density at radius 2 is 2.00 bits per heavy atom. The van der Waals surface area contributed by atoms with Crippen LogP contribution in [0.2, 0.25) is 0 Å². The molecule has 96 valence electrons. The van der Waals surface area contributed by atoms with Crippen molar-refractivity contribution in [3.05, 3.63) is 57.8 Å². The Morgan fingerprint density at radius 1 is 1.21 bits per heavy atom. The van der Waals surface area contributed by atoms with Gasteiger partial charge in [0.05, 0.1) is 17.9 Å². The lowest BCUT2D eigenvalue weighted by Crippen LogP contribution is -2.07. The summed E-state index contributed by atoms with van der Waals surface area (Å²) in [4.78, 5) is 12.4. The van der Waals surface area contributed by atoms with E-state index in [0.717, 1.165) is 16.0 Å². The maximum atomic E-state index is 11.3. The summed E-state index contributed by atoms with van der Waals surface area (Å²) < 4.78 is 4.91. The lowest BCUT2D eigenvalue weighted by Gasteiger charge is -2.01. The Bertz CT molecular complexity index is 586. The van der Waals surface area contributed by atoms with Crippen LogP contribution < -0.4 is 0 Å². The summed E-state index contributed by atoms with van der Waals surface area (Å²) in [5.74, 6) is 6.00. The Kier molecular flexibility index (Phi) is 4.77. The summed E-state index contributed by atoms with van der Waals surface area (Å²) in [6.07, 6.45) is 0.312. The summed E-state index contributed by atoms with van der Waals surface area (Å²) in [6, 6.07) is 11.7. The van der Waals surface area contributed by atoms with Crippen molar-refractivity contribution in [3.63, 3.8) is 0 Å². The molecule has 0 bridgehead atoms. The van der Waals surface area contributed by atoms with Crippen LogP contribution >= 0.6 is 11.3 Å². The van der Waals surface area contributed by atoms with Crippen molar-refractivity contribution in [2.75, 3.05) is 6.61 Å². The second kappa shape index (κ2) is 6.77. The molecule has 0 unspecified atom stereocenters. The zero-order valence-corrected chi connectivity index (χ0v) is 11.5. The molecule has 0 N–H and O–H groups in total. The lowest BCUT2D eigenvalue weighted by molar-refractivity contribution is -0.142. The predicted molar refractivity (Wildman–Crippen MR) is 77.1 cm³/mol. The van der Waals surface area contributed by atoms with E-state index in [4.69, 9.17) is 4.74 Å².